The van der Waals surface area contributed by atoms with E-state index < -0.39 is 23.1 Å². The van der Waals surface area contributed by atoms with E-state index in [1.54, 1.807) is 23.0 Å². The number of hydrogen-bond donors (Lipinski definition) is 0. The number of halogens is 3. The minimum atomic E-state index is -4.43. The second-order valence-corrected chi connectivity index (χ2v) is 9.26. The maximum Gasteiger partial charge on any atom is 0.416 e. The Bertz CT molecular complexity index is 1550. The van der Waals surface area contributed by atoms with E-state index in [-0.39, 0.29) is 6.61 Å². The van der Waals surface area contributed by atoms with Crippen LogP contribution in [0.25, 0.3) is 16.8 Å². The topological polar surface area (TPSA) is 56.5 Å². The molecule has 0 aliphatic carbocycles. The molecule has 1 atom stereocenters. The average Bonchev–Trinajstić information content (AvgIpc) is 3.37. The lowest BCUT2D eigenvalue weighted by atomic mass is 9.80. The Morgan fingerprint density at radius 1 is 0.868 bits per heavy atom. The van der Waals surface area contributed by atoms with Gasteiger partial charge in [-0.05, 0) is 48.2 Å². The summed E-state index contributed by atoms with van der Waals surface area (Å²) in [5.41, 5.74) is 2.01. The van der Waals surface area contributed by atoms with E-state index in [0.29, 0.717) is 28.9 Å². The second kappa shape index (κ2) is 10.1. The van der Waals surface area contributed by atoms with Gasteiger partial charge in [0.1, 0.15) is 12.0 Å². The molecule has 0 radical (unpaired) electrons. The molecular weight excluding hydrogens is 491 g/mol. The first-order valence-corrected chi connectivity index (χ1v) is 12.0. The Kier molecular flexibility index (Phi) is 6.72. The highest BCUT2D eigenvalue weighted by Crippen LogP contribution is 2.34. The largest absolute Gasteiger partial charge is 0.460 e. The lowest BCUT2D eigenvalue weighted by Gasteiger charge is -2.28. The van der Waals surface area contributed by atoms with Crippen molar-refractivity contribution in [1.82, 2.24) is 14.6 Å². The number of carbonyl (C=O) groups excluding carboxylic acids is 1. The third kappa shape index (κ3) is 5.02. The summed E-state index contributed by atoms with van der Waals surface area (Å²) >= 11 is 0. The summed E-state index contributed by atoms with van der Waals surface area (Å²) in [6.07, 6.45) is -0.958. The molecule has 0 saturated heterocycles. The number of fused-ring (bicyclic) bond motifs is 1. The Hall–Kier alpha value is -4.46. The van der Waals surface area contributed by atoms with E-state index in [2.05, 4.69) is 10.1 Å². The van der Waals surface area contributed by atoms with Crippen LogP contribution in [0.4, 0.5) is 13.2 Å². The van der Waals surface area contributed by atoms with Crippen LogP contribution in [0.5, 0.6) is 0 Å². The maximum absolute atomic E-state index is 13.7. The van der Waals surface area contributed by atoms with Gasteiger partial charge < -0.3 is 4.74 Å². The summed E-state index contributed by atoms with van der Waals surface area (Å²) in [6, 6.07) is 25.6. The van der Waals surface area contributed by atoms with Crippen molar-refractivity contribution in [2.75, 3.05) is 0 Å². The lowest BCUT2D eigenvalue weighted by Crippen LogP contribution is -2.38. The molecule has 0 saturated carbocycles. The molecule has 0 amide bonds. The third-order valence-corrected chi connectivity index (χ3v) is 6.55. The lowest BCUT2D eigenvalue weighted by molar-refractivity contribution is -0.151. The van der Waals surface area contributed by atoms with Crippen LogP contribution in [-0.2, 0) is 34.2 Å². The molecule has 5 rings (SSSR count). The molecule has 0 aliphatic rings. The molecule has 0 fully saturated rings. The van der Waals surface area contributed by atoms with Crippen molar-refractivity contribution in [3.8, 4) is 11.1 Å². The third-order valence-electron chi connectivity index (χ3n) is 6.55. The van der Waals surface area contributed by atoms with Crippen LogP contribution >= 0.6 is 0 Å². The number of ether oxygens (including phenoxy) is 1. The van der Waals surface area contributed by atoms with Gasteiger partial charge in [-0.2, -0.15) is 18.3 Å². The van der Waals surface area contributed by atoms with E-state index >= 15 is 0 Å². The average molecular weight is 516 g/mol. The van der Waals surface area contributed by atoms with Gasteiger partial charge in [0.15, 0.2) is 5.65 Å². The monoisotopic (exact) mass is 515 g/mol. The van der Waals surface area contributed by atoms with Gasteiger partial charge in [-0.15, -0.1) is 0 Å². The molecule has 5 nitrogen and oxygen atoms in total. The van der Waals surface area contributed by atoms with Gasteiger partial charge in [-0.25, -0.2) is 9.50 Å². The van der Waals surface area contributed by atoms with Crippen molar-refractivity contribution >= 4 is 11.6 Å². The van der Waals surface area contributed by atoms with Crippen LogP contribution in [-0.4, -0.2) is 20.6 Å². The molecule has 192 valence electrons. The number of nitrogens with zero attached hydrogens (tertiary/aromatic N) is 3. The molecule has 1 unspecified atom stereocenters. The maximum atomic E-state index is 13.7. The van der Waals surface area contributed by atoms with E-state index in [1.165, 1.54) is 12.1 Å². The minimum Gasteiger partial charge on any atom is -0.460 e. The van der Waals surface area contributed by atoms with Crippen LogP contribution in [0.1, 0.15) is 29.3 Å². The van der Waals surface area contributed by atoms with Gasteiger partial charge >= 0.3 is 12.1 Å². The summed E-state index contributed by atoms with van der Waals surface area (Å²) in [6.45, 7) is 1.93. The Morgan fingerprint density at radius 2 is 1.50 bits per heavy atom. The number of alkyl halides is 3. The van der Waals surface area contributed by atoms with Crippen LogP contribution in [0.15, 0.2) is 103 Å². The number of rotatable bonds is 7. The fourth-order valence-electron chi connectivity index (χ4n) is 4.51. The molecule has 3 aromatic carbocycles. The van der Waals surface area contributed by atoms with E-state index in [1.807, 2.05) is 67.6 Å². The molecule has 2 aromatic heterocycles. The summed E-state index contributed by atoms with van der Waals surface area (Å²) in [4.78, 5) is 18.2. The number of aromatic nitrogens is 3. The summed E-state index contributed by atoms with van der Waals surface area (Å²) in [5, 5.41) is 4.50. The minimum absolute atomic E-state index is 0.119. The Balaban J connectivity index is 1.55. The predicted molar refractivity (Wildman–Crippen MR) is 137 cm³/mol. The first kappa shape index (κ1) is 25.2. The van der Waals surface area contributed by atoms with Crippen molar-refractivity contribution in [2.45, 2.75) is 31.5 Å². The van der Waals surface area contributed by atoms with Crippen LogP contribution in [0.3, 0.4) is 0 Å². The second-order valence-electron chi connectivity index (χ2n) is 9.26. The molecule has 5 aromatic rings. The first-order valence-electron chi connectivity index (χ1n) is 12.0. The van der Waals surface area contributed by atoms with Gasteiger partial charge in [-0.3, -0.25) is 4.79 Å². The zero-order chi connectivity index (χ0) is 26.8. The molecule has 0 spiro atoms. The van der Waals surface area contributed by atoms with Crippen LogP contribution in [0.2, 0.25) is 0 Å². The van der Waals surface area contributed by atoms with Gasteiger partial charge in [0, 0.05) is 11.8 Å². The molecule has 8 heteroatoms. The highest BCUT2D eigenvalue weighted by molar-refractivity contribution is 5.84. The highest BCUT2D eigenvalue weighted by Gasteiger charge is 2.40. The number of hydrogen-bond acceptors (Lipinski definition) is 4. The fraction of sp³-hybridized carbons (Fsp3) is 0.167. The Labute approximate surface area is 217 Å². The zero-order valence-electron chi connectivity index (χ0n) is 20.5. The first-order chi connectivity index (χ1) is 18.3. The predicted octanol–water partition coefficient (Wildman–Crippen LogP) is 6.66. The number of benzene rings is 3. The summed E-state index contributed by atoms with van der Waals surface area (Å²) in [5.74, 6) is -0.427. The van der Waals surface area contributed by atoms with Crippen molar-refractivity contribution in [3.05, 3.63) is 126 Å². The van der Waals surface area contributed by atoms with Gasteiger partial charge in [0.25, 0.3) is 0 Å². The molecule has 0 N–H and O–H groups in total. The van der Waals surface area contributed by atoms with Crippen LogP contribution in [0, 0.1) is 0 Å². The van der Waals surface area contributed by atoms with Crippen LogP contribution < -0.4 is 0 Å². The van der Waals surface area contributed by atoms with Crippen molar-refractivity contribution in [2.24, 2.45) is 0 Å². The van der Waals surface area contributed by atoms with Gasteiger partial charge in [0.2, 0.25) is 0 Å². The van der Waals surface area contributed by atoms with Crippen molar-refractivity contribution < 1.29 is 22.7 Å². The smallest absolute Gasteiger partial charge is 0.416 e. The normalized spacial score (nSPS) is 13.3. The van der Waals surface area contributed by atoms with E-state index in [0.717, 1.165) is 23.3 Å². The summed E-state index contributed by atoms with van der Waals surface area (Å²) < 4.78 is 46.5. The van der Waals surface area contributed by atoms with Gasteiger partial charge in [-0.1, -0.05) is 72.8 Å². The number of carbonyl (C=O) groups is 1. The quantitative estimate of drug-likeness (QED) is 0.228. The molecule has 0 bridgehead atoms. The molecular formula is C30H24F3N3O2. The summed E-state index contributed by atoms with van der Waals surface area (Å²) in [7, 11) is 0. The Morgan fingerprint density at radius 3 is 2.13 bits per heavy atom. The van der Waals surface area contributed by atoms with E-state index in [9.17, 15) is 18.0 Å². The highest BCUT2D eigenvalue weighted by atomic mass is 19.4. The fourth-order valence-corrected chi connectivity index (χ4v) is 4.51. The van der Waals surface area contributed by atoms with Crippen molar-refractivity contribution in [1.29, 1.82) is 0 Å². The molecule has 0 aliphatic heterocycles. The zero-order valence-corrected chi connectivity index (χ0v) is 20.5. The van der Waals surface area contributed by atoms with Crippen molar-refractivity contribution in [3.63, 3.8) is 0 Å². The SMILES string of the molecule is CC(Cc1ccccc1)(C(=O)OCc1ccccc1)c1ccnc2c(-c3ccc(C(F)(F)F)cc3)cnn12. The van der Waals surface area contributed by atoms with E-state index in [4.69, 9.17) is 4.74 Å². The standard InChI is InChI=1S/C30H24F3N3O2/c1-29(18-21-8-4-2-5-9-21,28(37)38-20-22-10-6-3-7-11-22)26-16-17-34-27-25(19-35-36(26)27)23-12-14-24(15-13-23)30(31,32)33/h2-17,19H,18,20H2,1H3. The van der Waals surface area contributed by atoms with Gasteiger partial charge in [0.05, 0.1) is 17.5 Å². The molecule has 2 heterocycles. The molecule has 38 heavy (non-hydrogen) atoms. The number of esters is 1.